The molecule has 0 saturated heterocycles. The van der Waals surface area contributed by atoms with E-state index in [9.17, 15) is 9.59 Å². The van der Waals surface area contributed by atoms with Crippen molar-refractivity contribution in [2.75, 3.05) is 5.32 Å². The van der Waals surface area contributed by atoms with Crippen molar-refractivity contribution in [1.82, 2.24) is 0 Å². The highest BCUT2D eigenvalue weighted by Gasteiger charge is 2.13. The number of carbonyl (C=O) groups excluding carboxylic acids is 1. The van der Waals surface area contributed by atoms with Gasteiger partial charge in [0, 0.05) is 16.8 Å². The summed E-state index contributed by atoms with van der Waals surface area (Å²) >= 11 is 0. The number of carbonyl (C=O) groups is 2. The molecule has 2 N–H and O–H groups in total. The molecule has 136 valence electrons. The van der Waals surface area contributed by atoms with Crippen LogP contribution in [-0.4, -0.2) is 17.0 Å². The lowest BCUT2D eigenvalue weighted by molar-refractivity contribution is -0.132. The lowest BCUT2D eigenvalue weighted by Crippen LogP contribution is -2.10. The number of rotatable bonds is 6. The second-order valence-electron chi connectivity index (χ2n) is 5.94. The topological polar surface area (TPSA) is 79.5 Å². The monoisotopic (exact) mass is 361 g/mol. The summed E-state index contributed by atoms with van der Waals surface area (Å²) in [6, 6.07) is 19.9. The maximum Gasteiger partial charge on any atom is 0.331 e. The number of benzene rings is 2. The van der Waals surface area contributed by atoms with Gasteiger partial charge in [-0.05, 0) is 42.3 Å². The molecule has 0 atom stereocenters. The molecular weight excluding hydrogens is 342 g/mol. The third kappa shape index (κ3) is 4.52. The highest BCUT2D eigenvalue weighted by molar-refractivity contribution is 6.02. The zero-order valence-corrected chi connectivity index (χ0v) is 14.8. The fourth-order valence-electron chi connectivity index (χ4n) is 2.63. The Kier molecular flexibility index (Phi) is 5.52. The van der Waals surface area contributed by atoms with Crippen LogP contribution in [0.2, 0.25) is 0 Å². The molecule has 3 aromatic rings. The number of hydrogen-bond donors (Lipinski definition) is 2. The van der Waals surface area contributed by atoms with Gasteiger partial charge in [-0.15, -0.1) is 0 Å². The van der Waals surface area contributed by atoms with Crippen LogP contribution in [0.5, 0.6) is 0 Å². The van der Waals surface area contributed by atoms with Crippen molar-refractivity contribution < 1.29 is 19.1 Å². The molecule has 0 unspecified atom stereocenters. The fourth-order valence-corrected chi connectivity index (χ4v) is 2.63. The van der Waals surface area contributed by atoms with Crippen LogP contribution in [0.4, 0.5) is 5.69 Å². The Balaban J connectivity index is 1.76. The van der Waals surface area contributed by atoms with E-state index in [4.69, 9.17) is 9.52 Å². The van der Waals surface area contributed by atoms with E-state index in [0.29, 0.717) is 29.0 Å². The molecule has 2 aromatic carbocycles. The SMILES string of the molecule is CCC(=Cc1cccc(NC(=O)c2ccc(-c3ccccc3)o2)c1)C(=O)O. The number of nitrogens with one attached hydrogen (secondary N) is 1. The molecule has 0 fully saturated rings. The third-order valence-electron chi connectivity index (χ3n) is 4.03. The number of hydrogen-bond acceptors (Lipinski definition) is 3. The lowest BCUT2D eigenvalue weighted by Gasteiger charge is -2.05. The summed E-state index contributed by atoms with van der Waals surface area (Å²) in [6.45, 7) is 1.78. The number of anilines is 1. The van der Waals surface area contributed by atoms with Crippen LogP contribution in [0.3, 0.4) is 0 Å². The summed E-state index contributed by atoms with van der Waals surface area (Å²) in [5, 5.41) is 11.9. The van der Waals surface area contributed by atoms with E-state index in [1.807, 2.05) is 30.3 Å². The van der Waals surface area contributed by atoms with E-state index in [2.05, 4.69) is 5.32 Å². The predicted octanol–water partition coefficient (Wildman–Crippen LogP) is 5.08. The van der Waals surface area contributed by atoms with Gasteiger partial charge in [0.05, 0.1) is 0 Å². The first kappa shape index (κ1) is 18.2. The van der Waals surface area contributed by atoms with Gasteiger partial charge in [-0.25, -0.2) is 4.79 Å². The molecule has 27 heavy (non-hydrogen) atoms. The summed E-state index contributed by atoms with van der Waals surface area (Å²) in [5.41, 5.74) is 2.46. The minimum absolute atomic E-state index is 0.203. The maximum absolute atomic E-state index is 12.4. The predicted molar refractivity (Wildman–Crippen MR) is 104 cm³/mol. The second-order valence-corrected chi connectivity index (χ2v) is 5.94. The van der Waals surface area contributed by atoms with Crippen LogP contribution >= 0.6 is 0 Å². The average Bonchev–Trinajstić information content (AvgIpc) is 3.17. The van der Waals surface area contributed by atoms with Crippen molar-refractivity contribution >= 4 is 23.6 Å². The van der Waals surface area contributed by atoms with Crippen molar-refractivity contribution in [1.29, 1.82) is 0 Å². The van der Waals surface area contributed by atoms with Crippen molar-refractivity contribution in [3.8, 4) is 11.3 Å². The molecule has 0 bridgehead atoms. The Morgan fingerprint density at radius 1 is 1.04 bits per heavy atom. The molecule has 5 heteroatoms. The first-order valence-corrected chi connectivity index (χ1v) is 8.57. The summed E-state index contributed by atoms with van der Waals surface area (Å²) in [6.07, 6.45) is 2.01. The Morgan fingerprint density at radius 3 is 2.52 bits per heavy atom. The molecule has 0 saturated carbocycles. The number of carboxylic acid groups (broad SMARTS) is 1. The minimum atomic E-state index is -0.948. The molecule has 5 nitrogen and oxygen atoms in total. The van der Waals surface area contributed by atoms with E-state index in [1.54, 1.807) is 49.4 Å². The van der Waals surface area contributed by atoms with Crippen molar-refractivity contribution in [3.05, 3.63) is 83.6 Å². The van der Waals surface area contributed by atoms with Crippen LogP contribution in [0.25, 0.3) is 17.4 Å². The molecule has 0 aliphatic heterocycles. The Hall–Kier alpha value is -3.60. The van der Waals surface area contributed by atoms with E-state index in [0.717, 1.165) is 5.56 Å². The molecular formula is C22H19NO4. The molecule has 0 spiro atoms. The van der Waals surface area contributed by atoms with E-state index >= 15 is 0 Å². The van der Waals surface area contributed by atoms with Gasteiger partial charge in [0.1, 0.15) is 5.76 Å². The molecule has 0 aliphatic carbocycles. The van der Waals surface area contributed by atoms with Gasteiger partial charge in [0.2, 0.25) is 0 Å². The Morgan fingerprint density at radius 2 is 1.81 bits per heavy atom. The normalized spacial score (nSPS) is 11.2. The summed E-state index contributed by atoms with van der Waals surface area (Å²) in [4.78, 5) is 23.6. The van der Waals surface area contributed by atoms with Gasteiger partial charge in [-0.3, -0.25) is 4.79 Å². The number of aliphatic carboxylic acids is 1. The molecule has 0 aliphatic rings. The summed E-state index contributed by atoms with van der Waals surface area (Å²) in [7, 11) is 0. The number of carboxylic acids is 1. The van der Waals surface area contributed by atoms with Crippen molar-refractivity contribution in [2.24, 2.45) is 0 Å². The standard InChI is InChI=1S/C22H19NO4/c1-2-16(22(25)26)13-15-7-6-10-18(14-15)23-21(24)20-12-11-19(27-20)17-8-4-3-5-9-17/h3-14H,2H2,1H3,(H,23,24)(H,25,26). The smallest absolute Gasteiger partial charge is 0.331 e. The zero-order valence-electron chi connectivity index (χ0n) is 14.8. The summed E-state index contributed by atoms with van der Waals surface area (Å²) < 4.78 is 5.65. The molecule has 1 amide bonds. The minimum Gasteiger partial charge on any atom is -0.478 e. The molecule has 0 radical (unpaired) electrons. The molecule has 1 aromatic heterocycles. The third-order valence-corrected chi connectivity index (χ3v) is 4.03. The van der Waals surface area contributed by atoms with E-state index < -0.39 is 5.97 Å². The fraction of sp³-hybridized carbons (Fsp3) is 0.0909. The van der Waals surface area contributed by atoms with Gasteiger partial charge in [0.25, 0.3) is 5.91 Å². The van der Waals surface area contributed by atoms with Gasteiger partial charge in [0.15, 0.2) is 5.76 Å². The highest BCUT2D eigenvalue weighted by Crippen LogP contribution is 2.23. The first-order valence-electron chi connectivity index (χ1n) is 8.57. The molecule has 1 heterocycles. The lowest BCUT2D eigenvalue weighted by atomic mass is 10.1. The second kappa shape index (κ2) is 8.19. The van der Waals surface area contributed by atoms with Crippen LogP contribution in [0.1, 0.15) is 29.5 Å². The zero-order chi connectivity index (χ0) is 19.2. The van der Waals surface area contributed by atoms with Gasteiger partial charge >= 0.3 is 5.97 Å². The average molecular weight is 361 g/mol. The highest BCUT2D eigenvalue weighted by atomic mass is 16.4. The van der Waals surface area contributed by atoms with Gasteiger partial charge in [-0.2, -0.15) is 0 Å². The Labute approximate surface area is 157 Å². The largest absolute Gasteiger partial charge is 0.478 e. The van der Waals surface area contributed by atoms with Crippen LogP contribution in [-0.2, 0) is 4.79 Å². The van der Waals surface area contributed by atoms with Crippen LogP contribution in [0, 0.1) is 0 Å². The van der Waals surface area contributed by atoms with Crippen molar-refractivity contribution in [3.63, 3.8) is 0 Å². The quantitative estimate of drug-likeness (QED) is 0.600. The van der Waals surface area contributed by atoms with E-state index in [-0.39, 0.29) is 11.7 Å². The molecule has 3 rings (SSSR count). The van der Waals surface area contributed by atoms with Crippen LogP contribution < -0.4 is 5.32 Å². The summed E-state index contributed by atoms with van der Waals surface area (Å²) in [5.74, 6) is -0.496. The van der Waals surface area contributed by atoms with Crippen LogP contribution in [0.15, 0.2) is 76.7 Å². The Bertz CT molecular complexity index is 986. The number of amides is 1. The van der Waals surface area contributed by atoms with Crippen molar-refractivity contribution in [2.45, 2.75) is 13.3 Å². The van der Waals surface area contributed by atoms with Gasteiger partial charge in [-0.1, -0.05) is 49.4 Å². The maximum atomic E-state index is 12.4. The van der Waals surface area contributed by atoms with Gasteiger partial charge < -0.3 is 14.8 Å². The van der Waals surface area contributed by atoms with E-state index in [1.165, 1.54) is 0 Å². The number of furan rings is 1. The first-order chi connectivity index (χ1) is 13.1.